The second-order valence-corrected chi connectivity index (χ2v) is 11.1. The van der Waals surface area contributed by atoms with Gasteiger partial charge in [0, 0.05) is 38.3 Å². The smallest absolute Gasteiger partial charge is 0.385 e. The van der Waals surface area contributed by atoms with E-state index in [1.807, 2.05) is 34.9 Å². The number of imidazole rings is 1. The number of hydrogen-bond acceptors (Lipinski definition) is 5. The molecule has 5 rings (SSSR count). The van der Waals surface area contributed by atoms with Crippen molar-refractivity contribution < 1.29 is 27.8 Å². The summed E-state index contributed by atoms with van der Waals surface area (Å²) in [6.07, 6.45) is 0.907. The number of rotatable bonds is 8. The molecule has 0 unspecified atom stereocenters. The highest BCUT2D eigenvalue weighted by atomic mass is 19.4. The molecule has 1 aromatic heterocycles. The molecule has 0 bridgehead atoms. The summed E-state index contributed by atoms with van der Waals surface area (Å²) in [6, 6.07) is 14.5. The van der Waals surface area contributed by atoms with Crippen molar-refractivity contribution in [2.24, 2.45) is 0 Å². The molecule has 220 valence electrons. The summed E-state index contributed by atoms with van der Waals surface area (Å²) in [6.45, 7) is 1.66. The lowest BCUT2D eigenvalue weighted by molar-refractivity contribution is -0.138. The SMILES string of the molecule is COC[C@]1(O)CCCC[C@H]1n1cnc(C(=O)N2CCNC[C@@H]2CCc2ccccc2C(F)(F)F)c1-c1ccccc1. The Morgan fingerprint density at radius 3 is 2.66 bits per heavy atom. The Bertz CT molecular complexity index is 1330. The number of methoxy groups -OCH3 is 1. The first-order valence-electron chi connectivity index (χ1n) is 14.2. The van der Waals surface area contributed by atoms with E-state index in [4.69, 9.17) is 4.74 Å². The highest BCUT2D eigenvalue weighted by Gasteiger charge is 2.42. The van der Waals surface area contributed by atoms with E-state index in [1.54, 1.807) is 24.4 Å². The normalized spacial score (nSPS) is 23.5. The van der Waals surface area contributed by atoms with Gasteiger partial charge in [-0.1, -0.05) is 61.4 Å². The molecule has 2 aromatic carbocycles. The summed E-state index contributed by atoms with van der Waals surface area (Å²) in [7, 11) is 1.57. The summed E-state index contributed by atoms with van der Waals surface area (Å²) in [4.78, 5) is 20.5. The second-order valence-electron chi connectivity index (χ2n) is 11.1. The van der Waals surface area contributed by atoms with Crippen molar-refractivity contribution in [2.45, 2.75) is 62.4 Å². The molecule has 0 spiro atoms. The predicted octanol–water partition coefficient (Wildman–Crippen LogP) is 5.11. The van der Waals surface area contributed by atoms with E-state index in [1.165, 1.54) is 12.1 Å². The number of ether oxygens (including phenoxy) is 1. The van der Waals surface area contributed by atoms with Crippen LogP contribution in [0.4, 0.5) is 13.2 Å². The molecular weight excluding hydrogens is 533 g/mol. The molecule has 2 fully saturated rings. The molecule has 0 radical (unpaired) electrons. The first-order valence-corrected chi connectivity index (χ1v) is 14.2. The van der Waals surface area contributed by atoms with E-state index < -0.39 is 17.3 Å². The average molecular weight is 571 g/mol. The van der Waals surface area contributed by atoms with E-state index in [0.29, 0.717) is 38.2 Å². The van der Waals surface area contributed by atoms with E-state index in [9.17, 15) is 23.1 Å². The van der Waals surface area contributed by atoms with Gasteiger partial charge >= 0.3 is 6.18 Å². The minimum Gasteiger partial charge on any atom is -0.385 e. The van der Waals surface area contributed by atoms with Gasteiger partial charge in [0.05, 0.1) is 30.2 Å². The lowest BCUT2D eigenvalue weighted by Gasteiger charge is -2.41. The first-order chi connectivity index (χ1) is 19.7. The maximum absolute atomic E-state index is 14.2. The molecule has 7 nitrogen and oxygen atoms in total. The predicted molar refractivity (Wildman–Crippen MR) is 149 cm³/mol. The van der Waals surface area contributed by atoms with Gasteiger partial charge in [-0.3, -0.25) is 4.79 Å². The van der Waals surface area contributed by atoms with Crippen LogP contribution in [0, 0.1) is 0 Å². The Labute approximate surface area is 238 Å². The summed E-state index contributed by atoms with van der Waals surface area (Å²) in [5.74, 6) is -0.260. The molecule has 1 amide bonds. The zero-order valence-corrected chi connectivity index (χ0v) is 23.2. The van der Waals surface area contributed by atoms with Crippen molar-refractivity contribution in [1.29, 1.82) is 0 Å². The van der Waals surface area contributed by atoms with Crippen LogP contribution in [0.5, 0.6) is 0 Å². The molecule has 2 heterocycles. The molecule has 1 aliphatic carbocycles. The van der Waals surface area contributed by atoms with Crippen molar-refractivity contribution in [3.05, 3.63) is 77.7 Å². The van der Waals surface area contributed by atoms with E-state index >= 15 is 0 Å². The van der Waals surface area contributed by atoms with Gasteiger partial charge in [-0.05, 0) is 37.3 Å². The number of nitrogens with zero attached hydrogens (tertiary/aromatic N) is 3. The summed E-state index contributed by atoms with van der Waals surface area (Å²) in [5.41, 5.74) is 0.219. The zero-order chi connectivity index (χ0) is 29.0. The molecule has 1 saturated carbocycles. The monoisotopic (exact) mass is 570 g/mol. The van der Waals surface area contributed by atoms with Crippen LogP contribution in [0.2, 0.25) is 0 Å². The van der Waals surface area contributed by atoms with Crippen LogP contribution in [0.15, 0.2) is 60.9 Å². The van der Waals surface area contributed by atoms with Crippen LogP contribution in [-0.4, -0.2) is 70.5 Å². The van der Waals surface area contributed by atoms with E-state index in [2.05, 4.69) is 10.3 Å². The van der Waals surface area contributed by atoms with E-state index in [-0.39, 0.29) is 42.3 Å². The topological polar surface area (TPSA) is 79.6 Å². The third kappa shape index (κ3) is 6.19. The molecule has 1 saturated heterocycles. The van der Waals surface area contributed by atoms with Crippen molar-refractivity contribution >= 4 is 5.91 Å². The van der Waals surface area contributed by atoms with Gasteiger partial charge in [-0.25, -0.2) is 4.98 Å². The minimum absolute atomic E-state index is 0.173. The molecule has 1 aliphatic heterocycles. The Hall–Kier alpha value is -3.21. The summed E-state index contributed by atoms with van der Waals surface area (Å²) >= 11 is 0. The number of nitrogens with one attached hydrogen (secondary N) is 1. The van der Waals surface area contributed by atoms with Gasteiger partial charge in [0.25, 0.3) is 5.91 Å². The lowest BCUT2D eigenvalue weighted by atomic mass is 9.80. The van der Waals surface area contributed by atoms with Crippen molar-refractivity contribution in [3.8, 4) is 11.3 Å². The van der Waals surface area contributed by atoms with Crippen molar-refractivity contribution in [1.82, 2.24) is 19.8 Å². The van der Waals surface area contributed by atoms with Crippen LogP contribution in [-0.2, 0) is 17.3 Å². The third-order valence-electron chi connectivity index (χ3n) is 8.41. The van der Waals surface area contributed by atoms with Crippen molar-refractivity contribution in [2.75, 3.05) is 33.4 Å². The van der Waals surface area contributed by atoms with Crippen LogP contribution in [0.25, 0.3) is 11.3 Å². The number of piperazine rings is 1. The van der Waals surface area contributed by atoms with Crippen LogP contribution >= 0.6 is 0 Å². The van der Waals surface area contributed by atoms with Gasteiger partial charge in [-0.2, -0.15) is 13.2 Å². The van der Waals surface area contributed by atoms with E-state index in [0.717, 1.165) is 30.9 Å². The zero-order valence-electron chi connectivity index (χ0n) is 23.2. The number of aliphatic hydroxyl groups is 1. The van der Waals surface area contributed by atoms with Crippen LogP contribution < -0.4 is 5.32 Å². The number of carbonyl (C=O) groups excluding carboxylic acids is 1. The van der Waals surface area contributed by atoms with Gasteiger partial charge < -0.3 is 24.6 Å². The number of aryl methyl sites for hydroxylation is 1. The fourth-order valence-corrected chi connectivity index (χ4v) is 6.42. The molecule has 3 atom stereocenters. The fourth-order valence-electron chi connectivity index (χ4n) is 6.42. The molecule has 10 heteroatoms. The Morgan fingerprint density at radius 2 is 1.90 bits per heavy atom. The quantitative estimate of drug-likeness (QED) is 0.394. The Balaban J connectivity index is 1.47. The number of halogens is 3. The average Bonchev–Trinajstić information content (AvgIpc) is 3.41. The highest BCUT2D eigenvalue weighted by Crippen LogP contribution is 2.41. The summed E-state index contributed by atoms with van der Waals surface area (Å²) in [5, 5.41) is 14.9. The maximum Gasteiger partial charge on any atom is 0.416 e. The van der Waals surface area contributed by atoms with Crippen LogP contribution in [0.3, 0.4) is 0 Å². The number of alkyl halides is 3. The van der Waals surface area contributed by atoms with Gasteiger partial charge in [0.1, 0.15) is 5.60 Å². The second kappa shape index (κ2) is 12.3. The largest absolute Gasteiger partial charge is 0.416 e. The standard InChI is InChI=1S/C31H37F3N4O3/c1-41-20-30(40)16-8-7-13-26(30)38-21-36-27(28(38)23-10-3-2-4-11-23)29(39)37-18-17-35-19-24(37)15-14-22-9-5-6-12-25(22)31(32,33)34/h2-6,9-12,21,24,26,35,40H,7-8,13-20H2,1H3/t24-,26+,30+/m0/s1. The highest BCUT2D eigenvalue weighted by molar-refractivity contribution is 5.98. The Morgan fingerprint density at radius 1 is 1.15 bits per heavy atom. The molecule has 41 heavy (non-hydrogen) atoms. The lowest BCUT2D eigenvalue weighted by Crippen LogP contribution is -2.54. The minimum atomic E-state index is -4.43. The molecule has 2 aliphatic rings. The van der Waals surface area contributed by atoms with Gasteiger partial charge in [-0.15, -0.1) is 0 Å². The third-order valence-corrected chi connectivity index (χ3v) is 8.41. The van der Waals surface area contributed by atoms with Gasteiger partial charge in [0.15, 0.2) is 5.69 Å². The number of aromatic nitrogens is 2. The number of hydrogen-bond donors (Lipinski definition) is 2. The summed E-state index contributed by atoms with van der Waals surface area (Å²) < 4.78 is 48.1. The molecular formula is C31H37F3N4O3. The molecule has 3 aromatic rings. The maximum atomic E-state index is 14.2. The number of amides is 1. The van der Waals surface area contributed by atoms with Gasteiger partial charge in [0.2, 0.25) is 0 Å². The number of benzene rings is 2. The Kier molecular flexibility index (Phi) is 8.82. The first kappa shape index (κ1) is 29.3. The van der Waals surface area contributed by atoms with Crippen LogP contribution in [0.1, 0.15) is 59.8 Å². The molecule has 2 N–H and O–H groups in total. The number of carbonyl (C=O) groups is 1. The van der Waals surface area contributed by atoms with Crippen molar-refractivity contribution in [3.63, 3.8) is 0 Å². The fraction of sp³-hybridized carbons (Fsp3) is 0.484.